The monoisotopic (exact) mass is 220 g/mol. The molecule has 4 heteroatoms. The lowest BCUT2D eigenvalue weighted by Crippen LogP contribution is -2.37. The van der Waals surface area contributed by atoms with Crippen LogP contribution in [-0.2, 0) is 0 Å². The van der Waals surface area contributed by atoms with Crippen LogP contribution in [0.25, 0.3) is 0 Å². The molecule has 2 unspecified atom stereocenters. The van der Waals surface area contributed by atoms with Gasteiger partial charge in [-0.15, -0.1) is 11.6 Å². The largest absolute Gasteiger partial charge is 0.447 e. The minimum Gasteiger partial charge on any atom is -0.447 e. The van der Waals surface area contributed by atoms with Crippen LogP contribution in [0.4, 0.5) is 0 Å². The highest BCUT2D eigenvalue weighted by atomic mass is 35.5. The number of hydrogen-bond acceptors (Lipinski definition) is 2. The molecule has 1 N–H and O–H groups in total. The Labute approximate surface area is 87.0 Å². The van der Waals surface area contributed by atoms with E-state index in [1.165, 1.54) is 0 Å². The van der Waals surface area contributed by atoms with Crippen molar-refractivity contribution in [3.8, 4) is 5.75 Å². The first kappa shape index (κ1) is 10.6. The number of rotatable bonds is 3. The summed E-state index contributed by atoms with van der Waals surface area (Å²) in [7, 11) is 0. The summed E-state index contributed by atoms with van der Waals surface area (Å²) in [6.45, 7) is 1.55. The van der Waals surface area contributed by atoms with Crippen molar-refractivity contribution in [2.24, 2.45) is 0 Å². The Balaban J connectivity index is 2.69. The van der Waals surface area contributed by atoms with Gasteiger partial charge < -0.3 is 9.84 Å². The third kappa shape index (κ3) is 3.07. The second-order valence-corrected chi connectivity index (χ2v) is 3.84. The van der Waals surface area contributed by atoms with Crippen LogP contribution in [0, 0.1) is 0 Å². The molecule has 0 amide bonds. The standard InChI is InChI=1S/C9H10Cl2O2/c1-7(10)9(11,12)13-8-5-3-2-4-6-8/h2-7,12H,1H3. The fraction of sp³-hybridized carbons (Fsp3) is 0.333. The van der Waals surface area contributed by atoms with Gasteiger partial charge in [0, 0.05) is 0 Å². The Hall–Kier alpha value is -0.440. The molecule has 2 atom stereocenters. The van der Waals surface area contributed by atoms with Gasteiger partial charge >= 0.3 is 5.25 Å². The lowest BCUT2D eigenvalue weighted by Gasteiger charge is -2.24. The van der Waals surface area contributed by atoms with Gasteiger partial charge in [0.1, 0.15) is 11.1 Å². The zero-order chi connectivity index (χ0) is 9.90. The number of halogens is 2. The molecule has 1 rings (SSSR count). The molecule has 0 aliphatic carbocycles. The van der Waals surface area contributed by atoms with Gasteiger partial charge in [0.05, 0.1) is 0 Å². The quantitative estimate of drug-likeness (QED) is 0.627. The van der Waals surface area contributed by atoms with Crippen molar-refractivity contribution >= 4 is 23.2 Å². The second-order valence-electron chi connectivity index (χ2n) is 2.64. The number of aliphatic hydroxyl groups is 1. The molecular weight excluding hydrogens is 211 g/mol. The first-order valence-corrected chi connectivity index (χ1v) is 4.63. The normalized spacial score (nSPS) is 17.5. The van der Waals surface area contributed by atoms with E-state index in [2.05, 4.69) is 0 Å². The fourth-order valence-corrected chi connectivity index (χ4v) is 0.869. The molecule has 0 aliphatic heterocycles. The highest BCUT2D eigenvalue weighted by molar-refractivity contribution is 6.30. The van der Waals surface area contributed by atoms with Crippen LogP contribution in [0.2, 0.25) is 0 Å². The van der Waals surface area contributed by atoms with Crippen molar-refractivity contribution in [2.75, 3.05) is 0 Å². The summed E-state index contributed by atoms with van der Waals surface area (Å²) in [5.41, 5.74) is 0. The molecule has 0 saturated heterocycles. The third-order valence-electron chi connectivity index (χ3n) is 1.49. The molecule has 72 valence electrons. The average molecular weight is 221 g/mol. The molecular formula is C9H10Cl2O2. The van der Waals surface area contributed by atoms with Gasteiger partial charge in [-0.3, -0.25) is 0 Å². The fourth-order valence-electron chi connectivity index (χ4n) is 0.735. The van der Waals surface area contributed by atoms with Gasteiger partial charge in [-0.2, -0.15) is 0 Å². The van der Waals surface area contributed by atoms with E-state index in [4.69, 9.17) is 27.9 Å². The first-order chi connectivity index (χ1) is 6.02. The highest BCUT2D eigenvalue weighted by Gasteiger charge is 2.32. The molecule has 0 bridgehead atoms. The van der Waals surface area contributed by atoms with Gasteiger partial charge in [-0.1, -0.05) is 18.2 Å². The van der Waals surface area contributed by atoms with Crippen molar-refractivity contribution in [3.05, 3.63) is 30.3 Å². The highest BCUT2D eigenvalue weighted by Crippen LogP contribution is 2.25. The maximum absolute atomic E-state index is 9.46. The number of benzene rings is 1. The van der Waals surface area contributed by atoms with Crippen LogP contribution in [0.3, 0.4) is 0 Å². The van der Waals surface area contributed by atoms with E-state index in [1.807, 2.05) is 6.07 Å². The molecule has 0 fully saturated rings. The zero-order valence-corrected chi connectivity index (χ0v) is 8.59. The second kappa shape index (κ2) is 4.18. The Bertz CT molecular complexity index is 260. The van der Waals surface area contributed by atoms with Gasteiger partial charge in [0.15, 0.2) is 0 Å². The zero-order valence-electron chi connectivity index (χ0n) is 7.08. The summed E-state index contributed by atoms with van der Waals surface area (Å²) in [6.07, 6.45) is 0. The summed E-state index contributed by atoms with van der Waals surface area (Å²) < 4.78 is 5.05. The van der Waals surface area contributed by atoms with Crippen LogP contribution in [0.5, 0.6) is 5.75 Å². The van der Waals surface area contributed by atoms with Crippen LogP contribution in [0.15, 0.2) is 30.3 Å². The van der Waals surface area contributed by atoms with E-state index in [0.717, 1.165) is 0 Å². The van der Waals surface area contributed by atoms with Gasteiger partial charge in [0.2, 0.25) is 0 Å². The average Bonchev–Trinajstić information content (AvgIpc) is 2.05. The maximum atomic E-state index is 9.46. The third-order valence-corrected chi connectivity index (χ3v) is 2.31. The van der Waals surface area contributed by atoms with E-state index in [9.17, 15) is 5.11 Å². The molecule has 0 aromatic heterocycles. The van der Waals surface area contributed by atoms with E-state index < -0.39 is 10.6 Å². The molecule has 2 nitrogen and oxygen atoms in total. The van der Waals surface area contributed by atoms with Crippen molar-refractivity contribution in [2.45, 2.75) is 17.5 Å². The molecule has 13 heavy (non-hydrogen) atoms. The molecule has 0 spiro atoms. The summed E-state index contributed by atoms with van der Waals surface area (Å²) in [5.74, 6) is 0.479. The molecule has 0 saturated carbocycles. The Morgan fingerprint density at radius 2 is 1.92 bits per heavy atom. The molecule has 1 aromatic rings. The number of alkyl halides is 2. The predicted molar refractivity (Wildman–Crippen MR) is 53.2 cm³/mol. The van der Waals surface area contributed by atoms with E-state index >= 15 is 0 Å². The topological polar surface area (TPSA) is 29.5 Å². The summed E-state index contributed by atoms with van der Waals surface area (Å²) in [4.78, 5) is 0. The van der Waals surface area contributed by atoms with E-state index in [-0.39, 0.29) is 0 Å². The van der Waals surface area contributed by atoms with E-state index in [0.29, 0.717) is 5.75 Å². The van der Waals surface area contributed by atoms with Crippen molar-refractivity contribution in [3.63, 3.8) is 0 Å². The van der Waals surface area contributed by atoms with Crippen LogP contribution in [-0.4, -0.2) is 15.7 Å². The van der Waals surface area contributed by atoms with E-state index in [1.54, 1.807) is 31.2 Å². The Morgan fingerprint density at radius 1 is 1.38 bits per heavy atom. The van der Waals surface area contributed by atoms with Crippen molar-refractivity contribution in [1.82, 2.24) is 0 Å². The molecule has 1 aromatic carbocycles. The summed E-state index contributed by atoms with van der Waals surface area (Å²) in [6, 6.07) is 8.77. The Morgan fingerprint density at radius 3 is 2.38 bits per heavy atom. The minimum atomic E-state index is -1.86. The predicted octanol–water partition coefficient (Wildman–Crippen LogP) is 2.58. The van der Waals surface area contributed by atoms with Crippen LogP contribution < -0.4 is 4.74 Å². The summed E-state index contributed by atoms with van der Waals surface area (Å²) in [5, 5.41) is 6.90. The van der Waals surface area contributed by atoms with Gasteiger partial charge in [-0.25, -0.2) is 0 Å². The van der Waals surface area contributed by atoms with Crippen LogP contribution in [0.1, 0.15) is 6.92 Å². The smallest absolute Gasteiger partial charge is 0.304 e. The number of hydrogen-bond donors (Lipinski definition) is 1. The lowest BCUT2D eigenvalue weighted by atomic mass is 10.3. The van der Waals surface area contributed by atoms with Crippen molar-refractivity contribution in [1.29, 1.82) is 0 Å². The number of ether oxygens (including phenoxy) is 1. The van der Waals surface area contributed by atoms with Gasteiger partial charge in [0.25, 0.3) is 0 Å². The van der Waals surface area contributed by atoms with Gasteiger partial charge in [-0.05, 0) is 30.7 Å². The number of para-hydroxylation sites is 1. The molecule has 0 aliphatic rings. The molecule has 0 heterocycles. The maximum Gasteiger partial charge on any atom is 0.304 e. The summed E-state index contributed by atoms with van der Waals surface area (Å²) >= 11 is 11.2. The Kier molecular flexibility index (Phi) is 3.42. The lowest BCUT2D eigenvalue weighted by molar-refractivity contribution is -0.0598. The SMILES string of the molecule is CC(Cl)C(O)(Cl)Oc1ccccc1. The van der Waals surface area contributed by atoms with Crippen LogP contribution >= 0.6 is 23.2 Å². The van der Waals surface area contributed by atoms with Crippen molar-refractivity contribution < 1.29 is 9.84 Å². The minimum absolute atomic E-state index is 0.479. The molecule has 0 radical (unpaired) electrons. The first-order valence-electron chi connectivity index (χ1n) is 3.82.